The molecule has 3 rings (SSSR count). The Labute approximate surface area is 136 Å². The summed E-state index contributed by atoms with van der Waals surface area (Å²) in [5, 5.41) is 12.0. The molecular weight excluding hydrogens is 329 g/mol. The average molecular weight is 348 g/mol. The van der Waals surface area contributed by atoms with Gasteiger partial charge in [-0.25, -0.2) is 0 Å². The number of hydrogen-bond donors (Lipinski definition) is 1. The van der Waals surface area contributed by atoms with Crippen molar-refractivity contribution in [3.05, 3.63) is 11.7 Å². The molecule has 2 saturated heterocycles. The highest BCUT2D eigenvalue weighted by atomic mass is 19.4. The highest BCUT2D eigenvalue weighted by molar-refractivity contribution is 5.84. The molecule has 134 valence electrons. The second-order valence-corrected chi connectivity index (χ2v) is 6.37. The molecule has 7 nitrogen and oxygen atoms in total. The molecule has 1 amide bonds. The average Bonchev–Trinajstić information content (AvgIpc) is 3.13. The lowest BCUT2D eigenvalue weighted by Gasteiger charge is -2.39. The highest BCUT2D eigenvalue weighted by Gasteiger charge is 2.48. The predicted octanol–water partition coefficient (Wildman–Crippen LogP) is 0.895. The van der Waals surface area contributed by atoms with Crippen LogP contribution in [-0.2, 0) is 17.5 Å². The summed E-state index contributed by atoms with van der Waals surface area (Å²) < 4.78 is 42.2. The summed E-state index contributed by atoms with van der Waals surface area (Å²) in [6.07, 6.45) is -2.37. The molecule has 2 aliphatic rings. The summed E-state index contributed by atoms with van der Waals surface area (Å²) in [7, 11) is 0. The van der Waals surface area contributed by atoms with Gasteiger partial charge in [-0.15, -0.1) is 0 Å². The number of carbonyl (C=O) groups is 1. The normalized spacial score (nSPS) is 25.8. The number of alkyl halides is 3. The Kier molecular flexibility index (Phi) is 4.52. The Morgan fingerprint density at radius 2 is 2.08 bits per heavy atom. The number of rotatable bonds is 4. The van der Waals surface area contributed by atoms with Gasteiger partial charge in [0.05, 0.1) is 18.6 Å². The SMILES string of the molecule is O=C1N(CCO)CCCC12CCN(Cc1nc(C(F)(F)F)no1)C2. The van der Waals surface area contributed by atoms with Crippen LogP contribution in [0, 0.1) is 5.41 Å². The van der Waals surface area contributed by atoms with Crippen LogP contribution in [0.2, 0.25) is 0 Å². The number of nitrogens with zero attached hydrogens (tertiary/aromatic N) is 4. The van der Waals surface area contributed by atoms with Crippen LogP contribution in [0.25, 0.3) is 0 Å². The van der Waals surface area contributed by atoms with Gasteiger partial charge in [-0.3, -0.25) is 9.69 Å². The number of hydrogen-bond acceptors (Lipinski definition) is 6. The van der Waals surface area contributed by atoms with Gasteiger partial charge in [0, 0.05) is 19.6 Å². The maximum absolute atomic E-state index is 12.7. The molecule has 0 bridgehead atoms. The van der Waals surface area contributed by atoms with Crippen molar-refractivity contribution >= 4 is 5.91 Å². The van der Waals surface area contributed by atoms with Crippen molar-refractivity contribution in [3.63, 3.8) is 0 Å². The maximum atomic E-state index is 12.7. The first-order valence-electron chi connectivity index (χ1n) is 7.86. The molecule has 1 aromatic heterocycles. The van der Waals surface area contributed by atoms with E-state index in [-0.39, 0.29) is 24.9 Å². The largest absolute Gasteiger partial charge is 0.455 e. The number of aliphatic hydroxyl groups excluding tert-OH is 1. The van der Waals surface area contributed by atoms with Crippen molar-refractivity contribution in [1.29, 1.82) is 0 Å². The first kappa shape index (κ1) is 17.2. The van der Waals surface area contributed by atoms with Crippen molar-refractivity contribution in [3.8, 4) is 0 Å². The monoisotopic (exact) mass is 348 g/mol. The van der Waals surface area contributed by atoms with E-state index in [1.165, 1.54) is 0 Å². The molecule has 2 aliphatic heterocycles. The number of piperidine rings is 1. The molecule has 1 unspecified atom stereocenters. The Morgan fingerprint density at radius 1 is 1.29 bits per heavy atom. The topological polar surface area (TPSA) is 82.7 Å². The molecule has 1 aromatic rings. The van der Waals surface area contributed by atoms with Gasteiger partial charge < -0.3 is 14.5 Å². The van der Waals surface area contributed by atoms with Gasteiger partial charge in [0.25, 0.3) is 5.82 Å². The van der Waals surface area contributed by atoms with Crippen molar-refractivity contribution in [2.45, 2.75) is 32.0 Å². The third-order valence-corrected chi connectivity index (χ3v) is 4.71. The Bertz CT molecular complexity index is 604. The minimum absolute atomic E-state index is 0.0202. The number of β-amino-alcohol motifs (C(OH)–C–C–N with tert-alkyl or cyclic N) is 1. The van der Waals surface area contributed by atoms with E-state index in [1.807, 2.05) is 4.90 Å². The smallest absolute Gasteiger partial charge is 0.395 e. The summed E-state index contributed by atoms with van der Waals surface area (Å²) in [6, 6.07) is 0. The van der Waals surface area contributed by atoms with E-state index in [0.717, 1.165) is 12.8 Å². The van der Waals surface area contributed by atoms with Gasteiger partial charge >= 0.3 is 6.18 Å². The van der Waals surface area contributed by atoms with Gasteiger partial charge in [-0.05, 0) is 25.8 Å². The molecule has 10 heteroatoms. The van der Waals surface area contributed by atoms with Crippen molar-refractivity contribution in [1.82, 2.24) is 19.9 Å². The van der Waals surface area contributed by atoms with Crippen LogP contribution in [0.4, 0.5) is 13.2 Å². The van der Waals surface area contributed by atoms with E-state index in [9.17, 15) is 18.0 Å². The summed E-state index contributed by atoms with van der Waals surface area (Å²) >= 11 is 0. The number of aromatic nitrogens is 2. The zero-order valence-electron chi connectivity index (χ0n) is 13.1. The molecule has 24 heavy (non-hydrogen) atoms. The summed E-state index contributed by atoms with van der Waals surface area (Å²) in [5.41, 5.74) is -0.514. The minimum atomic E-state index is -4.63. The van der Waals surface area contributed by atoms with Crippen LogP contribution in [0.1, 0.15) is 31.0 Å². The van der Waals surface area contributed by atoms with Crippen molar-refractivity contribution in [2.24, 2.45) is 5.41 Å². The van der Waals surface area contributed by atoms with Gasteiger partial charge in [0.1, 0.15) is 0 Å². The van der Waals surface area contributed by atoms with Gasteiger partial charge in [-0.1, -0.05) is 5.16 Å². The minimum Gasteiger partial charge on any atom is -0.395 e. The summed E-state index contributed by atoms with van der Waals surface area (Å²) in [4.78, 5) is 19.6. The Balaban J connectivity index is 1.64. The third-order valence-electron chi connectivity index (χ3n) is 4.71. The number of carbonyl (C=O) groups excluding carboxylic acids is 1. The summed E-state index contributed by atoms with van der Waals surface area (Å²) in [5.74, 6) is -1.36. The van der Waals surface area contributed by atoms with E-state index in [1.54, 1.807) is 4.90 Å². The van der Waals surface area contributed by atoms with Crippen molar-refractivity contribution < 1.29 is 27.6 Å². The molecule has 2 fully saturated rings. The fraction of sp³-hybridized carbons (Fsp3) is 0.786. The van der Waals surface area contributed by atoms with Crippen LogP contribution in [0.5, 0.6) is 0 Å². The molecule has 3 heterocycles. The second kappa shape index (κ2) is 6.32. The van der Waals surface area contributed by atoms with Crippen LogP contribution in [0.3, 0.4) is 0 Å². The van der Waals surface area contributed by atoms with Gasteiger partial charge in [0.15, 0.2) is 0 Å². The van der Waals surface area contributed by atoms with Crippen LogP contribution in [-0.4, -0.2) is 63.7 Å². The Morgan fingerprint density at radius 3 is 2.75 bits per heavy atom. The zero-order valence-corrected chi connectivity index (χ0v) is 13.1. The van der Waals surface area contributed by atoms with E-state index < -0.39 is 17.4 Å². The highest BCUT2D eigenvalue weighted by Crippen LogP contribution is 2.40. The number of halogens is 3. The molecule has 0 radical (unpaired) electrons. The molecular formula is C14H19F3N4O3. The van der Waals surface area contributed by atoms with Crippen LogP contribution >= 0.6 is 0 Å². The fourth-order valence-corrected chi connectivity index (χ4v) is 3.58. The van der Waals surface area contributed by atoms with E-state index >= 15 is 0 Å². The molecule has 0 aromatic carbocycles. The molecule has 1 spiro atoms. The molecule has 0 saturated carbocycles. The van der Waals surface area contributed by atoms with Crippen LogP contribution in [0.15, 0.2) is 4.52 Å². The fourth-order valence-electron chi connectivity index (χ4n) is 3.58. The van der Waals surface area contributed by atoms with Gasteiger partial charge in [-0.2, -0.15) is 18.2 Å². The second-order valence-electron chi connectivity index (χ2n) is 6.37. The number of aliphatic hydroxyl groups is 1. The van der Waals surface area contributed by atoms with Gasteiger partial charge in [0.2, 0.25) is 11.8 Å². The number of amides is 1. The maximum Gasteiger partial charge on any atom is 0.455 e. The number of likely N-dealkylation sites (tertiary alicyclic amines) is 2. The summed E-state index contributed by atoms with van der Waals surface area (Å²) in [6.45, 7) is 2.02. The zero-order chi connectivity index (χ0) is 17.4. The molecule has 1 N–H and O–H groups in total. The molecule has 0 aliphatic carbocycles. The lowest BCUT2D eigenvalue weighted by atomic mass is 9.78. The predicted molar refractivity (Wildman–Crippen MR) is 74.5 cm³/mol. The van der Waals surface area contributed by atoms with Crippen molar-refractivity contribution in [2.75, 3.05) is 32.8 Å². The van der Waals surface area contributed by atoms with Crippen LogP contribution < -0.4 is 0 Å². The first-order valence-corrected chi connectivity index (χ1v) is 7.86. The van der Waals surface area contributed by atoms with E-state index in [2.05, 4.69) is 14.7 Å². The van der Waals surface area contributed by atoms with E-state index in [4.69, 9.17) is 5.11 Å². The standard InChI is InChI=1S/C14H19F3N4O3/c15-14(16,17)11-18-10(24-19-11)8-20-5-3-13(9-20)2-1-4-21(6-7-22)12(13)23/h22H,1-9H2. The first-order chi connectivity index (χ1) is 11.3. The third kappa shape index (κ3) is 3.25. The lowest BCUT2D eigenvalue weighted by molar-refractivity contribution is -0.146. The van der Waals surface area contributed by atoms with E-state index in [0.29, 0.717) is 32.6 Å². The lowest BCUT2D eigenvalue weighted by Crippen LogP contribution is -2.50. The quantitative estimate of drug-likeness (QED) is 0.870. The molecule has 1 atom stereocenters. The Hall–Kier alpha value is -1.68.